The predicted octanol–water partition coefficient (Wildman–Crippen LogP) is 2.88. The lowest BCUT2D eigenvalue weighted by molar-refractivity contribution is -0.127. The van der Waals surface area contributed by atoms with E-state index in [1.165, 1.54) is 5.56 Å². The van der Waals surface area contributed by atoms with E-state index in [1.807, 2.05) is 24.1 Å². The van der Waals surface area contributed by atoms with E-state index in [0.29, 0.717) is 6.42 Å². The van der Waals surface area contributed by atoms with Crippen molar-refractivity contribution in [2.45, 2.75) is 43.2 Å². The van der Waals surface area contributed by atoms with Gasteiger partial charge < -0.3 is 10.2 Å². The van der Waals surface area contributed by atoms with Crippen LogP contribution in [0.25, 0.3) is 0 Å². The Balaban J connectivity index is 2.28. The molecule has 1 aromatic rings. The first kappa shape index (κ1) is 14.2. The number of amides is 1. The Kier molecular flexibility index (Phi) is 2.96. The van der Waals surface area contributed by atoms with Crippen LogP contribution in [0.2, 0.25) is 25.2 Å². The number of nitrogens with one attached hydrogen (secondary N) is 1. The number of carbonyl (C=O) groups is 1. The maximum atomic E-state index is 12.9. The van der Waals surface area contributed by atoms with Gasteiger partial charge in [-0.1, -0.05) is 37.8 Å². The van der Waals surface area contributed by atoms with E-state index in [-0.39, 0.29) is 23.0 Å². The van der Waals surface area contributed by atoms with E-state index in [2.05, 4.69) is 43.0 Å². The summed E-state index contributed by atoms with van der Waals surface area (Å²) in [6.45, 7) is 6.81. The van der Waals surface area contributed by atoms with E-state index in [1.54, 1.807) is 0 Å². The average molecular weight is 298 g/mol. The van der Waals surface area contributed by atoms with Crippen LogP contribution in [0.15, 0.2) is 24.3 Å². The lowest BCUT2D eigenvalue weighted by Crippen LogP contribution is -2.47. The summed E-state index contributed by atoms with van der Waals surface area (Å²) in [6.07, 6.45) is 6.31. The minimum absolute atomic E-state index is 0.0184. The largest absolute Gasteiger partial charge is 0.364 e. The van der Waals surface area contributed by atoms with Crippen LogP contribution in [0, 0.1) is 12.3 Å². The molecular formula is C17H22N2OSi. The van der Waals surface area contributed by atoms with Crippen molar-refractivity contribution in [3.63, 3.8) is 0 Å². The third-order valence-electron chi connectivity index (χ3n) is 4.97. The van der Waals surface area contributed by atoms with Crippen molar-refractivity contribution in [3.8, 4) is 12.3 Å². The number of para-hydroxylation sites is 1. The summed E-state index contributed by atoms with van der Waals surface area (Å²) in [7, 11) is 0.180. The molecule has 0 aliphatic carbocycles. The molecule has 0 radical (unpaired) electrons. The van der Waals surface area contributed by atoms with Crippen LogP contribution in [0.5, 0.6) is 0 Å². The molecule has 3 atom stereocenters. The maximum Gasteiger partial charge on any atom is 0.225 e. The number of carbonyl (C=O) groups excluding carboxylic acids is 1. The molecular weight excluding hydrogens is 276 g/mol. The number of hydrogen-bond donors (Lipinski definition) is 1. The Hall–Kier alpha value is -1.73. The quantitative estimate of drug-likeness (QED) is 0.672. The van der Waals surface area contributed by atoms with E-state index in [9.17, 15) is 4.79 Å². The maximum absolute atomic E-state index is 12.9. The summed E-state index contributed by atoms with van der Waals surface area (Å²) >= 11 is 0. The van der Waals surface area contributed by atoms with E-state index >= 15 is 0 Å². The van der Waals surface area contributed by atoms with Crippen LogP contribution in [0.4, 0.5) is 5.69 Å². The second kappa shape index (κ2) is 4.38. The lowest BCUT2D eigenvalue weighted by Gasteiger charge is -2.38. The zero-order chi connectivity index (χ0) is 15.4. The molecule has 1 amide bonds. The van der Waals surface area contributed by atoms with Gasteiger partial charge in [0.15, 0.2) is 0 Å². The Morgan fingerprint density at radius 2 is 2.05 bits per heavy atom. The number of likely N-dealkylation sites (N-methyl/N-ethyl adjacent to an activating group) is 1. The Labute approximate surface area is 127 Å². The standard InChI is InChI=1S/C17H22N2OSi/c1-6-11-17-12-9-7-8-10-13(12)18-16(17)19(2)15(20)14(17)21(3,4)5/h1,7-10,14,16,18H,11H2,2-5H3/t14-,16+,17-/m1/s1. The van der Waals surface area contributed by atoms with Crippen LogP contribution in [0.3, 0.4) is 0 Å². The smallest absolute Gasteiger partial charge is 0.225 e. The van der Waals surface area contributed by atoms with Gasteiger partial charge in [0, 0.05) is 24.7 Å². The number of anilines is 1. The van der Waals surface area contributed by atoms with Crippen molar-refractivity contribution in [1.29, 1.82) is 0 Å². The van der Waals surface area contributed by atoms with Gasteiger partial charge in [-0.25, -0.2) is 0 Å². The predicted molar refractivity (Wildman–Crippen MR) is 88.8 cm³/mol. The van der Waals surface area contributed by atoms with Gasteiger partial charge >= 0.3 is 0 Å². The lowest BCUT2D eigenvalue weighted by atomic mass is 9.76. The van der Waals surface area contributed by atoms with Crippen molar-refractivity contribution in [2.24, 2.45) is 0 Å². The van der Waals surface area contributed by atoms with Gasteiger partial charge in [0.2, 0.25) is 5.91 Å². The number of likely N-dealkylation sites (tertiary alicyclic amines) is 1. The normalized spacial score (nSPS) is 30.6. The summed E-state index contributed by atoms with van der Waals surface area (Å²) in [5.74, 6) is 3.11. The molecule has 21 heavy (non-hydrogen) atoms. The van der Waals surface area contributed by atoms with Crippen molar-refractivity contribution >= 4 is 19.7 Å². The van der Waals surface area contributed by atoms with Crippen LogP contribution in [0.1, 0.15) is 12.0 Å². The topological polar surface area (TPSA) is 32.3 Å². The molecule has 2 heterocycles. The SMILES string of the molecule is C#CC[C@]12c3ccccc3N[C@H]1N(C)C(=O)[C@H]2[Si](C)(C)C. The first-order chi connectivity index (χ1) is 9.84. The molecule has 0 unspecified atom stereocenters. The molecule has 0 aromatic heterocycles. The first-order valence-electron chi connectivity index (χ1n) is 7.40. The number of fused-ring (bicyclic) bond motifs is 3. The Morgan fingerprint density at radius 1 is 1.38 bits per heavy atom. The summed E-state index contributed by atoms with van der Waals surface area (Å²) in [6, 6.07) is 8.30. The van der Waals surface area contributed by atoms with Crippen LogP contribution in [-0.2, 0) is 10.2 Å². The van der Waals surface area contributed by atoms with Crippen molar-refractivity contribution < 1.29 is 4.79 Å². The van der Waals surface area contributed by atoms with Gasteiger partial charge in [-0.2, -0.15) is 0 Å². The average Bonchev–Trinajstić information content (AvgIpc) is 2.82. The molecule has 0 spiro atoms. The highest BCUT2D eigenvalue weighted by atomic mass is 28.3. The van der Waals surface area contributed by atoms with E-state index in [0.717, 1.165) is 5.69 Å². The molecule has 0 bridgehead atoms. The zero-order valence-electron chi connectivity index (χ0n) is 13.1. The van der Waals surface area contributed by atoms with E-state index in [4.69, 9.17) is 6.42 Å². The molecule has 1 fully saturated rings. The number of terminal acetylenes is 1. The van der Waals surface area contributed by atoms with Crippen molar-refractivity contribution in [2.75, 3.05) is 12.4 Å². The fourth-order valence-electron chi connectivity index (χ4n) is 4.35. The number of nitrogens with zero attached hydrogens (tertiary/aromatic N) is 1. The van der Waals surface area contributed by atoms with Crippen LogP contribution < -0.4 is 5.32 Å². The highest BCUT2D eigenvalue weighted by Gasteiger charge is 2.65. The molecule has 1 saturated heterocycles. The number of benzene rings is 1. The van der Waals surface area contributed by atoms with Crippen LogP contribution in [-0.4, -0.2) is 32.1 Å². The van der Waals surface area contributed by atoms with Gasteiger partial charge in [-0.05, 0) is 11.6 Å². The molecule has 2 aliphatic rings. The minimum Gasteiger partial charge on any atom is -0.364 e. The van der Waals surface area contributed by atoms with Crippen LogP contribution >= 0.6 is 0 Å². The van der Waals surface area contributed by atoms with Crippen molar-refractivity contribution in [3.05, 3.63) is 29.8 Å². The second-order valence-electron chi connectivity index (χ2n) is 7.26. The first-order valence-corrected chi connectivity index (χ1v) is 11.0. The Bertz CT molecular complexity index is 643. The third-order valence-corrected chi connectivity index (χ3v) is 7.46. The van der Waals surface area contributed by atoms with Gasteiger partial charge in [0.25, 0.3) is 0 Å². The zero-order valence-corrected chi connectivity index (χ0v) is 14.1. The van der Waals surface area contributed by atoms with Crippen molar-refractivity contribution in [1.82, 2.24) is 4.90 Å². The Morgan fingerprint density at radius 3 is 2.67 bits per heavy atom. The molecule has 4 heteroatoms. The second-order valence-corrected chi connectivity index (χ2v) is 12.6. The fourth-order valence-corrected chi connectivity index (χ4v) is 7.26. The monoisotopic (exact) mass is 298 g/mol. The molecule has 110 valence electrons. The summed E-state index contributed by atoms with van der Waals surface area (Å²) in [5, 5.41) is 3.54. The highest BCUT2D eigenvalue weighted by molar-refractivity contribution is 6.81. The molecule has 1 aromatic carbocycles. The molecule has 2 aliphatic heterocycles. The number of hydrogen-bond acceptors (Lipinski definition) is 2. The molecule has 3 nitrogen and oxygen atoms in total. The number of rotatable bonds is 2. The molecule has 0 saturated carbocycles. The third kappa shape index (κ3) is 1.70. The molecule has 1 N–H and O–H groups in total. The van der Waals surface area contributed by atoms with Gasteiger partial charge in [-0.3, -0.25) is 4.79 Å². The van der Waals surface area contributed by atoms with Gasteiger partial charge in [-0.15, -0.1) is 12.3 Å². The summed E-state index contributed by atoms with van der Waals surface area (Å²) < 4.78 is 0. The van der Waals surface area contributed by atoms with Gasteiger partial charge in [0.05, 0.1) is 13.5 Å². The summed E-state index contributed by atoms with van der Waals surface area (Å²) in [4.78, 5) is 14.8. The minimum atomic E-state index is -1.72. The highest BCUT2D eigenvalue weighted by Crippen LogP contribution is 2.59. The van der Waals surface area contributed by atoms with Gasteiger partial charge in [0.1, 0.15) is 6.17 Å². The summed E-state index contributed by atoms with van der Waals surface area (Å²) in [5.41, 5.74) is 2.09. The fraction of sp³-hybridized carbons (Fsp3) is 0.471. The van der Waals surface area contributed by atoms with E-state index < -0.39 is 8.07 Å². The molecule has 3 rings (SSSR count).